The van der Waals surface area contributed by atoms with E-state index in [-0.39, 0.29) is 12.3 Å². The molecule has 0 atom stereocenters. The summed E-state index contributed by atoms with van der Waals surface area (Å²) in [7, 11) is 1.60. The van der Waals surface area contributed by atoms with Crippen LogP contribution >= 0.6 is 11.6 Å². The molecule has 1 N–H and O–H groups in total. The molecule has 0 bridgehead atoms. The Morgan fingerprint density at radius 2 is 2.00 bits per heavy atom. The van der Waals surface area contributed by atoms with Crippen molar-refractivity contribution in [1.29, 1.82) is 0 Å². The largest absolute Gasteiger partial charge is 0.497 e. The molecule has 2 aromatic carbocycles. The van der Waals surface area contributed by atoms with Crippen LogP contribution in [0.2, 0.25) is 5.02 Å². The molecule has 5 nitrogen and oxygen atoms in total. The van der Waals surface area contributed by atoms with E-state index in [1.807, 2.05) is 48.5 Å². The molecule has 0 saturated carbocycles. The van der Waals surface area contributed by atoms with E-state index in [0.29, 0.717) is 16.5 Å². The first kappa shape index (κ1) is 17.8. The number of nitrogens with zero attached hydrogens (tertiary/aromatic N) is 1. The standard InChI is InChI=1S/C20H17ClN2O3/c1-25-17-7-5-14(6-8-17)11-20(24)23-22-13-18-9-10-19(26-18)15-3-2-4-16(21)12-15/h2-10,12-13H,11H2,1H3,(H,23,24)/b22-13-. The van der Waals surface area contributed by atoms with Gasteiger partial charge in [-0.25, -0.2) is 5.43 Å². The summed E-state index contributed by atoms with van der Waals surface area (Å²) in [5.41, 5.74) is 4.23. The molecular weight excluding hydrogens is 352 g/mol. The molecule has 0 aliphatic heterocycles. The number of methoxy groups -OCH3 is 1. The Morgan fingerprint density at radius 3 is 2.73 bits per heavy atom. The Kier molecular flexibility index (Phi) is 5.71. The summed E-state index contributed by atoms with van der Waals surface area (Å²) in [4.78, 5) is 11.9. The van der Waals surface area contributed by atoms with E-state index in [0.717, 1.165) is 16.9 Å². The van der Waals surface area contributed by atoms with E-state index in [9.17, 15) is 4.79 Å². The zero-order valence-electron chi connectivity index (χ0n) is 14.1. The zero-order valence-corrected chi connectivity index (χ0v) is 14.9. The van der Waals surface area contributed by atoms with Gasteiger partial charge in [0.05, 0.1) is 19.7 Å². The summed E-state index contributed by atoms with van der Waals surface area (Å²) >= 11 is 5.98. The van der Waals surface area contributed by atoms with Gasteiger partial charge in [0.25, 0.3) is 0 Å². The van der Waals surface area contributed by atoms with Crippen LogP contribution in [-0.2, 0) is 11.2 Å². The number of amides is 1. The number of carbonyl (C=O) groups is 1. The van der Waals surface area contributed by atoms with Crippen LogP contribution < -0.4 is 10.2 Å². The molecule has 3 rings (SSSR count). The van der Waals surface area contributed by atoms with Gasteiger partial charge in [0.2, 0.25) is 5.91 Å². The molecule has 1 aromatic heterocycles. The molecule has 0 aliphatic rings. The third-order valence-corrected chi connectivity index (χ3v) is 3.88. The van der Waals surface area contributed by atoms with Crippen LogP contribution in [0.4, 0.5) is 0 Å². The summed E-state index contributed by atoms with van der Waals surface area (Å²) in [5.74, 6) is 1.75. The van der Waals surface area contributed by atoms with E-state index in [4.69, 9.17) is 20.8 Å². The van der Waals surface area contributed by atoms with Crippen molar-refractivity contribution in [2.75, 3.05) is 7.11 Å². The molecule has 0 spiro atoms. The van der Waals surface area contributed by atoms with Crippen molar-refractivity contribution in [1.82, 2.24) is 5.43 Å². The van der Waals surface area contributed by atoms with Crippen LogP contribution in [0.1, 0.15) is 11.3 Å². The van der Waals surface area contributed by atoms with Crippen LogP contribution in [0.3, 0.4) is 0 Å². The topological polar surface area (TPSA) is 63.8 Å². The molecule has 132 valence electrons. The Balaban J connectivity index is 1.55. The Labute approximate surface area is 156 Å². The average molecular weight is 369 g/mol. The molecule has 1 heterocycles. The van der Waals surface area contributed by atoms with Crippen molar-refractivity contribution in [3.63, 3.8) is 0 Å². The fourth-order valence-corrected chi connectivity index (χ4v) is 2.55. The second-order valence-electron chi connectivity index (χ2n) is 5.53. The molecule has 1 amide bonds. The average Bonchev–Trinajstić information content (AvgIpc) is 3.11. The molecule has 0 aliphatic carbocycles. The minimum absolute atomic E-state index is 0.215. The van der Waals surface area contributed by atoms with E-state index >= 15 is 0 Å². The second-order valence-corrected chi connectivity index (χ2v) is 5.97. The summed E-state index contributed by atoms with van der Waals surface area (Å²) in [5, 5.41) is 4.57. The normalized spacial score (nSPS) is 10.8. The van der Waals surface area contributed by atoms with Gasteiger partial charge in [-0.05, 0) is 42.0 Å². The molecule has 0 radical (unpaired) electrons. The van der Waals surface area contributed by atoms with Crippen molar-refractivity contribution in [2.45, 2.75) is 6.42 Å². The number of benzene rings is 2. The summed E-state index contributed by atoms with van der Waals surface area (Å²) in [6, 6.07) is 18.3. The highest BCUT2D eigenvalue weighted by Gasteiger charge is 2.05. The quantitative estimate of drug-likeness (QED) is 0.521. The number of hydrogen-bond acceptors (Lipinski definition) is 4. The van der Waals surface area contributed by atoms with E-state index in [2.05, 4.69) is 10.5 Å². The predicted molar refractivity (Wildman–Crippen MR) is 102 cm³/mol. The lowest BCUT2D eigenvalue weighted by Crippen LogP contribution is -2.19. The molecule has 6 heteroatoms. The Morgan fingerprint density at radius 1 is 1.19 bits per heavy atom. The SMILES string of the molecule is COc1ccc(CC(=O)N/N=C\c2ccc(-c3cccc(Cl)c3)o2)cc1. The van der Waals surface area contributed by atoms with Crippen molar-refractivity contribution in [2.24, 2.45) is 5.10 Å². The highest BCUT2D eigenvalue weighted by molar-refractivity contribution is 6.30. The van der Waals surface area contributed by atoms with E-state index in [1.54, 1.807) is 19.2 Å². The van der Waals surface area contributed by atoms with Crippen molar-refractivity contribution in [3.05, 3.63) is 77.0 Å². The van der Waals surface area contributed by atoms with E-state index < -0.39 is 0 Å². The van der Waals surface area contributed by atoms with Crippen molar-refractivity contribution in [3.8, 4) is 17.1 Å². The Hall–Kier alpha value is -3.05. The van der Waals surface area contributed by atoms with Gasteiger partial charge in [0, 0.05) is 10.6 Å². The van der Waals surface area contributed by atoms with Gasteiger partial charge in [-0.1, -0.05) is 35.9 Å². The van der Waals surface area contributed by atoms with E-state index in [1.165, 1.54) is 6.21 Å². The lowest BCUT2D eigenvalue weighted by Gasteiger charge is -2.02. The number of rotatable bonds is 6. The van der Waals surface area contributed by atoms with Gasteiger partial charge >= 0.3 is 0 Å². The lowest BCUT2D eigenvalue weighted by molar-refractivity contribution is -0.120. The number of furan rings is 1. The minimum atomic E-state index is -0.215. The molecular formula is C20H17ClN2O3. The van der Waals surface area contributed by atoms with Gasteiger partial charge in [0.1, 0.15) is 17.3 Å². The molecule has 26 heavy (non-hydrogen) atoms. The second kappa shape index (κ2) is 8.36. The molecule has 0 saturated heterocycles. The fraction of sp³-hybridized carbons (Fsp3) is 0.100. The number of hydrazone groups is 1. The van der Waals surface area contributed by atoms with Gasteiger partial charge < -0.3 is 9.15 Å². The lowest BCUT2D eigenvalue weighted by atomic mass is 10.1. The number of ether oxygens (including phenoxy) is 1. The maximum absolute atomic E-state index is 11.9. The highest BCUT2D eigenvalue weighted by Crippen LogP contribution is 2.24. The summed E-state index contributed by atoms with van der Waals surface area (Å²) in [6.07, 6.45) is 1.69. The number of halogens is 1. The van der Waals surface area contributed by atoms with Crippen LogP contribution in [0.15, 0.2) is 70.2 Å². The first-order valence-electron chi connectivity index (χ1n) is 7.94. The zero-order chi connectivity index (χ0) is 18.4. The number of nitrogens with one attached hydrogen (secondary N) is 1. The monoisotopic (exact) mass is 368 g/mol. The minimum Gasteiger partial charge on any atom is -0.497 e. The van der Waals surface area contributed by atoms with Crippen LogP contribution in [0, 0.1) is 0 Å². The third kappa shape index (κ3) is 4.74. The highest BCUT2D eigenvalue weighted by atomic mass is 35.5. The molecule has 0 unspecified atom stereocenters. The molecule has 0 fully saturated rings. The predicted octanol–water partition coefficient (Wildman–Crippen LogP) is 4.30. The maximum atomic E-state index is 11.9. The first-order valence-corrected chi connectivity index (χ1v) is 8.32. The van der Waals surface area contributed by atoms with Crippen LogP contribution in [0.25, 0.3) is 11.3 Å². The first-order chi connectivity index (χ1) is 12.6. The summed E-state index contributed by atoms with van der Waals surface area (Å²) < 4.78 is 10.8. The molecule has 3 aromatic rings. The third-order valence-electron chi connectivity index (χ3n) is 3.64. The van der Waals surface area contributed by atoms with Gasteiger partial charge in [-0.2, -0.15) is 5.10 Å². The van der Waals surface area contributed by atoms with Crippen LogP contribution in [-0.4, -0.2) is 19.2 Å². The van der Waals surface area contributed by atoms with Gasteiger partial charge in [-0.3, -0.25) is 4.79 Å². The fourth-order valence-electron chi connectivity index (χ4n) is 2.36. The summed E-state index contributed by atoms with van der Waals surface area (Å²) in [6.45, 7) is 0. The van der Waals surface area contributed by atoms with Crippen LogP contribution in [0.5, 0.6) is 5.75 Å². The Bertz CT molecular complexity index is 917. The van der Waals surface area contributed by atoms with Crippen molar-refractivity contribution >= 4 is 23.7 Å². The number of carbonyl (C=O) groups excluding carboxylic acids is 1. The smallest absolute Gasteiger partial charge is 0.244 e. The van der Waals surface area contributed by atoms with Crippen molar-refractivity contribution < 1.29 is 13.9 Å². The number of hydrogen-bond donors (Lipinski definition) is 1. The van der Waals surface area contributed by atoms with Gasteiger partial charge in [-0.15, -0.1) is 0 Å². The maximum Gasteiger partial charge on any atom is 0.244 e. The van der Waals surface area contributed by atoms with Gasteiger partial charge in [0.15, 0.2) is 0 Å².